The van der Waals surface area contributed by atoms with Crippen LogP contribution in [-0.2, 0) is 9.59 Å². The van der Waals surface area contributed by atoms with Crippen molar-refractivity contribution in [3.63, 3.8) is 0 Å². The first-order chi connectivity index (χ1) is 19.3. The van der Waals surface area contributed by atoms with Crippen LogP contribution in [0.5, 0.6) is 0 Å². The van der Waals surface area contributed by atoms with Crippen LogP contribution in [0.4, 0.5) is 60.7 Å². The topological polar surface area (TPSA) is 100 Å². The molecule has 1 aromatic heterocycles. The van der Waals surface area contributed by atoms with E-state index in [0.717, 1.165) is 9.80 Å². The van der Waals surface area contributed by atoms with E-state index in [2.05, 4.69) is 20.2 Å². The van der Waals surface area contributed by atoms with Gasteiger partial charge in [-0.25, -0.2) is 4.98 Å². The fourth-order valence-electron chi connectivity index (χ4n) is 4.25. The number of likely N-dealkylation sites (N-methyl/N-ethyl adjacent to an activating group) is 2. The molecule has 0 spiro atoms. The van der Waals surface area contributed by atoms with Crippen molar-refractivity contribution in [2.45, 2.75) is 12.4 Å². The van der Waals surface area contributed by atoms with Crippen LogP contribution in [0, 0.1) is 0 Å². The van der Waals surface area contributed by atoms with Gasteiger partial charge in [-0.15, -0.1) is 10.2 Å². The minimum Gasteiger partial charge on any atom is -0.371 e. The lowest BCUT2D eigenvalue weighted by atomic mass is 10.1. The summed E-state index contributed by atoms with van der Waals surface area (Å²) < 4.78 is 75.7. The molecular weight excluding hydrogens is 558 g/mol. The quantitative estimate of drug-likeness (QED) is 0.331. The van der Waals surface area contributed by atoms with Crippen LogP contribution in [0.15, 0.2) is 65.1 Å². The van der Waals surface area contributed by atoms with E-state index in [1.807, 2.05) is 4.90 Å². The monoisotopic (exact) mass is 582 g/mol. The molecule has 41 heavy (non-hydrogen) atoms. The molecule has 2 aliphatic heterocycles. The molecular formula is C25H24F6N8O2. The van der Waals surface area contributed by atoms with Crippen LogP contribution in [0.25, 0.3) is 0 Å². The molecule has 2 aromatic carbocycles. The number of carbonyl (C=O) groups is 2. The third-order valence-electron chi connectivity index (χ3n) is 6.28. The number of para-hydroxylation sites is 2. The Morgan fingerprint density at radius 3 is 1.83 bits per heavy atom. The number of carbonyl (C=O) groups excluding carboxylic acids is 2. The Kier molecular flexibility index (Phi) is 8.21. The van der Waals surface area contributed by atoms with Crippen molar-refractivity contribution in [3.05, 3.63) is 54.9 Å². The number of rotatable bonds is 2. The number of fused-ring (bicyclic) bond motifs is 2. The predicted octanol–water partition coefficient (Wildman–Crippen LogP) is 5.20. The lowest BCUT2D eigenvalue weighted by Crippen LogP contribution is -2.48. The van der Waals surface area contributed by atoms with Gasteiger partial charge in [0.05, 0.1) is 28.4 Å². The summed E-state index contributed by atoms with van der Waals surface area (Å²) in [6.45, 7) is 0.688. The average molecular weight is 583 g/mol. The molecule has 2 amide bonds. The number of alkyl halides is 6. The molecule has 0 bridgehead atoms. The van der Waals surface area contributed by atoms with Crippen molar-refractivity contribution in [2.24, 2.45) is 10.2 Å². The zero-order valence-electron chi connectivity index (χ0n) is 21.7. The number of benzene rings is 2. The van der Waals surface area contributed by atoms with Crippen LogP contribution in [0.3, 0.4) is 0 Å². The average Bonchev–Trinajstić information content (AvgIpc) is 3.45. The Morgan fingerprint density at radius 1 is 0.756 bits per heavy atom. The molecule has 0 radical (unpaired) electrons. The second kappa shape index (κ2) is 11.5. The molecule has 10 nitrogen and oxygen atoms in total. The van der Waals surface area contributed by atoms with E-state index >= 15 is 0 Å². The second-order valence-corrected chi connectivity index (χ2v) is 9.03. The summed E-state index contributed by atoms with van der Waals surface area (Å²) in [6, 6.07) is 11.2. The number of anilines is 4. The van der Waals surface area contributed by atoms with Gasteiger partial charge in [-0.05, 0) is 30.3 Å². The van der Waals surface area contributed by atoms with Crippen molar-refractivity contribution in [1.82, 2.24) is 9.97 Å². The van der Waals surface area contributed by atoms with E-state index in [-0.39, 0.29) is 24.7 Å². The highest BCUT2D eigenvalue weighted by molar-refractivity contribution is 6.02. The Bertz CT molecular complexity index is 1420. The number of aromatic amines is 1. The zero-order valence-corrected chi connectivity index (χ0v) is 21.7. The predicted molar refractivity (Wildman–Crippen MR) is 139 cm³/mol. The molecule has 0 aliphatic carbocycles. The summed E-state index contributed by atoms with van der Waals surface area (Å²) in [6.07, 6.45) is -6.69. The molecule has 0 saturated heterocycles. The molecule has 5 rings (SSSR count). The number of imidazole rings is 1. The zero-order chi connectivity index (χ0) is 29.9. The highest BCUT2D eigenvalue weighted by Gasteiger charge is 2.45. The Balaban J connectivity index is 0.000000201. The molecule has 1 N–H and O–H groups in total. The van der Waals surface area contributed by atoms with Crippen LogP contribution in [-0.4, -0.2) is 74.4 Å². The van der Waals surface area contributed by atoms with Crippen molar-refractivity contribution in [1.29, 1.82) is 0 Å². The van der Waals surface area contributed by atoms with E-state index in [1.54, 1.807) is 55.5 Å². The molecule has 0 unspecified atom stereocenters. The van der Waals surface area contributed by atoms with E-state index in [0.29, 0.717) is 35.8 Å². The minimum atomic E-state index is -4.93. The van der Waals surface area contributed by atoms with Gasteiger partial charge in [0.25, 0.3) is 0 Å². The fraction of sp³-hybridized carbons (Fsp3) is 0.320. The van der Waals surface area contributed by atoms with E-state index in [1.165, 1.54) is 18.3 Å². The largest absolute Gasteiger partial charge is 0.471 e. The Hall–Kier alpha value is -4.63. The maximum absolute atomic E-state index is 12.8. The smallest absolute Gasteiger partial charge is 0.371 e. The van der Waals surface area contributed by atoms with Gasteiger partial charge in [0.15, 0.2) is 0 Å². The van der Waals surface area contributed by atoms with Crippen molar-refractivity contribution in [3.8, 4) is 0 Å². The fourth-order valence-corrected chi connectivity index (χ4v) is 4.25. The molecule has 0 atom stereocenters. The minimum absolute atomic E-state index is 0.0475. The van der Waals surface area contributed by atoms with Crippen LogP contribution < -0.4 is 19.6 Å². The summed E-state index contributed by atoms with van der Waals surface area (Å²) in [4.78, 5) is 34.6. The number of halogens is 6. The molecule has 16 heteroatoms. The molecule has 3 heterocycles. The lowest BCUT2D eigenvalue weighted by Gasteiger charge is -2.35. The van der Waals surface area contributed by atoms with Gasteiger partial charge < -0.3 is 24.6 Å². The van der Waals surface area contributed by atoms with E-state index < -0.39 is 24.2 Å². The van der Waals surface area contributed by atoms with Crippen LogP contribution in [0.2, 0.25) is 0 Å². The standard InChI is InChI=1S/C14H13F3N6O.C11H11F3N2O/c1-22-6-7-23(12(24)14(15,16)17)11-8-9(2-3-10(11)22)20-21-13-18-4-5-19-13;1-15-6-7-16(10(17)11(12,13)14)9-5-3-2-4-8(9)15/h2-5,8H,6-7H2,1H3,(H,18,19);2-5H,6-7H2,1H3. The maximum Gasteiger partial charge on any atom is 0.471 e. The van der Waals surface area contributed by atoms with Gasteiger partial charge in [0, 0.05) is 52.7 Å². The summed E-state index contributed by atoms with van der Waals surface area (Å²) in [7, 11) is 3.53. The van der Waals surface area contributed by atoms with Crippen LogP contribution in [0.1, 0.15) is 0 Å². The first kappa shape index (κ1) is 29.4. The number of nitrogens with zero attached hydrogens (tertiary/aromatic N) is 7. The number of hydrogen-bond acceptors (Lipinski definition) is 7. The summed E-state index contributed by atoms with van der Waals surface area (Å²) >= 11 is 0. The van der Waals surface area contributed by atoms with Crippen LogP contribution >= 0.6 is 0 Å². The number of amides is 2. The van der Waals surface area contributed by atoms with Gasteiger partial charge in [-0.1, -0.05) is 12.1 Å². The van der Waals surface area contributed by atoms with Crippen molar-refractivity contribution < 1.29 is 35.9 Å². The molecule has 3 aromatic rings. The molecule has 218 valence electrons. The van der Waals surface area contributed by atoms with Gasteiger partial charge >= 0.3 is 24.2 Å². The highest BCUT2D eigenvalue weighted by Crippen LogP contribution is 2.38. The number of H-pyrrole nitrogens is 1. The Morgan fingerprint density at radius 2 is 1.29 bits per heavy atom. The van der Waals surface area contributed by atoms with Gasteiger partial charge in [0.1, 0.15) is 0 Å². The number of hydrogen-bond donors (Lipinski definition) is 1. The Labute approximate surface area is 229 Å². The number of azo groups is 1. The number of nitrogens with one attached hydrogen (secondary N) is 1. The van der Waals surface area contributed by atoms with Gasteiger partial charge in [-0.3, -0.25) is 9.59 Å². The SMILES string of the molecule is CN1CCN(C(=O)C(F)(F)F)c2cc(N=Nc3ncc[nH]3)ccc21.CN1CCN(C(=O)C(F)(F)F)c2ccccc21. The second-order valence-electron chi connectivity index (χ2n) is 9.03. The van der Waals surface area contributed by atoms with Gasteiger partial charge in [0.2, 0.25) is 5.95 Å². The summed E-state index contributed by atoms with van der Waals surface area (Å²) in [5, 5.41) is 7.77. The molecule has 2 aliphatic rings. The van der Waals surface area contributed by atoms with E-state index in [9.17, 15) is 35.9 Å². The van der Waals surface area contributed by atoms with E-state index in [4.69, 9.17) is 0 Å². The lowest BCUT2D eigenvalue weighted by molar-refractivity contribution is -0.170. The first-order valence-electron chi connectivity index (χ1n) is 12.1. The molecule has 0 fully saturated rings. The maximum atomic E-state index is 12.8. The molecule has 0 saturated carbocycles. The first-order valence-corrected chi connectivity index (χ1v) is 12.1. The third-order valence-corrected chi connectivity index (χ3v) is 6.28. The van der Waals surface area contributed by atoms with Crippen molar-refractivity contribution >= 4 is 46.2 Å². The summed E-state index contributed by atoms with van der Waals surface area (Å²) in [5.74, 6) is -3.43. The normalized spacial score (nSPS) is 15.3. The highest BCUT2D eigenvalue weighted by atomic mass is 19.4. The van der Waals surface area contributed by atoms with Crippen molar-refractivity contribution in [2.75, 3.05) is 59.9 Å². The number of aromatic nitrogens is 2. The van der Waals surface area contributed by atoms with Gasteiger partial charge in [-0.2, -0.15) is 26.3 Å². The third kappa shape index (κ3) is 6.58. The summed E-state index contributed by atoms with van der Waals surface area (Å²) in [5.41, 5.74) is 1.94.